The van der Waals surface area contributed by atoms with Gasteiger partial charge in [0, 0.05) is 25.6 Å². The molecule has 0 atom stereocenters. The number of hydrogen-bond donors (Lipinski definition) is 2. The molecule has 0 aromatic heterocycles. The molecule has 0 aliphatic rings. The Morgan fingerprint density at radius 3 is 2.95 bits per heavy atom. The fourth-order valence-corrected chi connectivity index (χ4v) is 1.53. The van der Waals surface area contributed by atoms with Crippen molar-refractivity contribution >= 4 is 5.91 Å². The maximum atomic E-state index is 12.0. The van der Waals surface area contributed by atoms with Crippen LogP contribution in [-0.2, 0) is 4.74 Å². The molecule has 102 valence electrons. The zero-order valence-electron chi connectivity index (χ0n) is 11.3. The van der Waals surface area contributed by atoms with E-state index in [9.17, 15) is 4.79 Å². The van der Waals surface area contributed by atoms with Gasteiger partial charge in [0.2, 0.25) is 0 Å². The quantitative estimate of drug-likeness (QED) is 0.616. The highest BCUT2D eigenvalue weighted by Gasteiger charge is 2.09. The molecule has 1 aromatic rings. The Morgan fingerprint density at radius 1 is 1.47 bits per heavy atom. The van der Waals surface area contributed by atoms with Crippen molar-refractivity contribution in [3.63, 3.8) is 0 Å². The van der Waals surface area contributed by atoms with E-state index in [1.807, 2.05) is 25.1 Å². The Balaban J connectivity index is 2.88. The Morgan fingerprint density at radius 2 is 2.26 bits per heavy atom. The van der Waals surface area contributed by atoms with Crippen molar-refractivity contribution in [2.75, 3.05) is 26.9 Å². The number of carbonyl (C=O) groups is 1. The normalized spacial score (nSPS) is 9.63. The molecule has 0 saturated carbocycles. The number of nitrogens with one attached hydrogen (secondary N) is 1. The molecule has 19 heavy (non-hydrogen) atoms. The number of aryl methyl sites for hydroxylation is 1. The summed E-state index contributed by atoms with van der Waals surface area (Å²) in [5.74, 6) is 5.58. The molecule has 0 unspecified atom stereocenters. The number of benzene rings is 1. The van der Waals surface area contributed by atoms with Gasteiger partial charge in [-0.2, -0.15) is 0 Å². The second kappa shape index (κ2) is 8.30. The third-order valence-electron chi connectivity index (χ3n) is 2.47. The molecule has 4 nitrogen and oxygen atoms in total. The summed E-state index contributed by atoms with van der Waals surface area (Å²) in [4.78, 5) is 12.0. The predicted octanol–water partition coefficient (Wildman–Crippen LogP) is 1.11. The maximum absolute atomic E-state index is 12.0. The number of aliphatic hydroxyl groups is 1. The summed E-state index contributed by atoms with van der Waals surface area (Å²) in [6.45, 7) is 2.89. The first-order valence-electron chi connectivity index (χ1n) is 6.16. The number of hydrogen-bond acceptors (Lipinski definition) is 3. The zero-order valence-corrected chi connectivity index (χ0v) is 11.3. The molecule has 0 saturated heterocycles. The first-order valence-corrected chi connectivity index (χ1v) is 6.16. The van der Waals surface area contributed by atoms with Crippen LogP contribution in [0.15, 0.2) is 18.2 Å². The van der Waals surface area contributed by atoms with Crippen LogP contribution in [0.25, 0.3) is 0 Å². The zero-order chi connectivity index (χ0) is 14.1. The minimum Gasteiger partial charge on any atom is -0.395 e. The Bertz CT molecular complexity index is 486. The van der Waals surface area contributed by atoms with Crippen molar-refractivity contribution in [1.29, 1.82) is 0 Å². The molecule has 0 bridgehead atoms. The van der Waals surface area contributed by atoms with Gasteiger partial charge in [0.1, 0.15) is 0 Å². The molecular weight excluding hydrogens is 242 g/mol. The summed E-state index contributed by atoms with van der Waals surface area (Å²) >= 11 is 0. The van der Waals surface area contributed by atoms with Crippen LogP contribution in [0, 0.1) is 18.8 Å². The monoisotopic (exact) mass is 261 g/mol. The molecule has 0 heterocycles. The maximum Gasteiger partial charge on any atom is 0.252 e. The highest BCUT2D eigenvalue weighted by Crippen LogP contribution is 2.10. The average molecular weight is 261 g/mol. The van der Waals surface area contributed by atoms with Crippen LogP contribution < -0.4 is 5.32 Å². The molecule has 1 rings (SSSR count). The van der Waals surface area contributed by atoms with E-state index in [2.05, 4.69) is 17.2 Å². The summed E-state index contributed by atoms with van der Waals surface area (Å²) in [6, 6.07) is 5.55. The second-order valence-corrected chi connectivity index (χ2v) is 4.07. The van der Waals surface area contributed by atoms with Gasteiger partial charge in [-0.15, -0.1) is 0 Å². The lowest BCUT2D eigenvalue weighted by atomic mass is 10.0. The first-order chi connectivity index (χ1) is 9.19. The van der Waals surface area contributed by atoms with E-state index in [1.54, 1.807) is 7.11 Å². The second-order valence-electron chi connectivity index (χ2n) is 4.07. The predicted molar refractivity (Wildman–Crippen MR) is 74.0 cm³/mol. The Kier molecular flexibility index (Phi) is 6.65. The molecule has 2 N–H and O–H groups in total. The SMILES string of the molecule is COCCNC(=O)c1cc(C)ccc1C#CCCO. The number of ether oxygens (including phenoxy) is 1. The van der Waals surface area contributed by atoms with Crippen LogP contribution in [0.5, 0.6) is 0 Å². The van der Waals surface area contributed by atoms with Gasteiger partial charge >= 0.3 is 0 Å². The number of rotatable bonds is 5. The number of methoxy groups -OCH3 is 1. The van der Waals surface area contributed by atoms with Crippen LogP contribution in [0.4, 0.5) is 0 Å². The van der Waals surface area contributed by atoms with Crippen molar-refractivity contribution in [2.24, 2.45) is 0 Å². The van der Waals surface area contributed by atoms with E-state index in [0.29, 0.717) is 30.7 Å². The molecule has 4 heteroatoms. The molecule has 0 spiro atoms. The number of amides is 1. The summed E-state index contributed by atoms with van der Waals surface area (Å²) < 4.78 is 4.89. The van der Waals surface area contributed by atoms with Crippen LogP contribution in [-0.4, -0.2) is 37.9 Å². The van der Waals surface area contributed by atoms with Gasteiger partial charge < -0.3 is 15.2 Å². The van der Waals surface area contributed by atoms with Crippen molar-refractivity contribution in [3.8, 4) is 11.8 Å². The standard InChI is InChI=1S/C15H19NO3/c1-12-6-7-13(5-3-4-9-17)14(11-12)15(18)16-8-10-19-2/h6-7,11,17H,4,8-10H2,1-2H3,(H,16,18). The first kappa shape index (κ1) is 15.2. The van der Waals surface area contributed by atoms with Gasteiger partial charge in [-0.3, -0.25) is 4.79 Å². The smallest absolute Gasteiger partial charge is 0.252 e. The number of carbonyl (C=O) groups excluding carboxylic acids is 1. The van der Waals surface area contributed by atoms with Crippen molar-refractivity contribution < 1.29 is 14.6 Å². The molecule has 0 aliphatic heterocycles. The lowest BCUT2D eigenvalue weighted by Gasteiger charge is -2.07. The lowest BCUT2D eigenvalue weighted by molar-refractivity contribution is 0.0937. The Hall–Kier alpha value is -1.83. The van der Waals surface area contributed by atoms with Crippen molar-refractivity contribution in [2.45, 2.75) is 13.3 Å². The fraction of sp³-hybridized carbons (Fsp3) is 0.400. The molecule has 1 amide bonds. The molecule has 0 fully saturated rings. The van der Waals surface area contributed by atoms with E-state index in [-0.39, 0.29) is 12.5 Å². The van der Waals surface area contributed by atoms with Crippen LogP contribution >= 0.6 is 0 Å². The number of aliphatic hydroxyl groups excluding tert-OH is 1. The van der Waals surface area contributed by atoms with E-state index in [0.717, 1.165) is 5.56 Å². The minimum atomic E-state index is -0.158. The van der Waals surface area contributed by atoms with Crippen molar-refractivity contribution in [1.82, 2.24) is 5.32 Å². The van der Waals surface area contributed by atoms with Crippen LogP contribution in [0.3, 0.4) is 0 Å². The van der Waals surface area contributed by atoms with Gasteiger partial charge in [0.15, 0.2) is 0 Å². The molecule has 0 radical (unpaired) electrons. The van der Waals surface area contributed by atoms with E-state index < -0.39 is 0 Å². The lowest BCUT2D eigenvalue weighted by Crippen LogP contribution is -2.27. The highest BCUT2D eigenvalue weighted by atomic mass is 16.5. The molecule has 1 aromatic carbocycles. The fourth-order valence-electron chi connectivity index (χ4n) is 1.53. The van der Waals surface area contributed by atoms with Gasteiger partial charge in [0.05, 0.1) is 18.8 Å². The highest BCUT2D eigenvalue weighted by molar-refractivity contribution is 5.96. The molecular formula is C15H19NO3. The Labute approximate surface area is 113 Å². The topological polar surface area (TPSA) is 58.6 Å². The average Bonchev–Trinajstić information content (AvgIpc) is 2.40. The summed E-state index contributed by atoms with van der Waals surface area (Å²) in [6.07, 6.45) is 0.401. The van der Waals surface area contributed by atoms with Gasteiger partial charge in [0.25, 0.3) is 5.91 Å². The van der Waals surface area contributed by atoms with E-state index in [1.165, 1.54) is 0 Å². The summed E-state index contributed by atoms with van der Waals surface area (Å²) in [5, 5.41) is 11.5. The third kappa shape index (κ3) is 5.12. The van der Waals surface area contributed by atoms with Crippen LogP contribution in [0.1, 0.15) is 27.9 Å². The van der Waals surface area contributed by atoms with Crippen molar-refractivity contribution in [3.05, 3.63) is 34.9 Å². The van der Waals surface area contributed by atoms with E-state index >= 15 is 0 Å². The summed E-state index contributed by atoms with van der Waals surface area (Å²) in [7, 11) is 1.59. The van der Waals surface area contributed by atoms with Gasteiger partial charge in [-0.05, 0) is 19.1 Å². The molecule has 0 aliphatic carbocycles. The van der Waals surface area contributed by atoms with Gasteiger partial charge in [-0.1, -0.05) is 23.5 Å². The van der Waals surface area contributed by atoms with E-state index in [4.69, 9.17) is 9.84 Å². The summed E-state index contributed by atoms with van der Waals surface area (Å²) in [5.41, 5.74) is 2.24. The van der Waals surface area contributed by atoms with Crippen LogP contribution in [0.2, 0.25) is 0 Å². The minimum absolute atomic E-state index is 0.0221. The third-order valence-corrected chi connectivity index (χ3v) is 2.47. The largest absolute Gasteiger partial charge is 0.395 e. The van der Waals surface area contributed by atoms with Gasteiger partial charge in [-0.25, -0.2) is 0 Å².